The van der Waals surface area contributed by atoms with Gasteiger partial charge in [0.2, 0.25) is 5.91 Å². The first kappa shape index (κ1) is 13.5. The third-order valence-corrected chi connectivity index (χ3v) is 5.18. The second-order valence-corrected chi connectivity index (χ2v) is 6.70. The van der Waals surface area contributed by atoms with Gasteiger partial charge in [-0.25, -0.2) is 0 Å². The van der Waals surface area contributed by atoms with E-state index in [0.29, 0.717) is 0 Å². The SMILES string of the molecule is O=C(/C=C/c1cccs1)N[C@H]1CCSc2ccccc21. The van der Waals surface area contributed by atoms with Gasteiger partial charge in [-0.2, -0.15) is 0 Å². The third-order valence-electron chi connectivity index (χ3n) is 3.22. The first-order chi connectivity index (χ1) is 9.83. The summed E-state index contributed by atoms with van der Waals surface area (Å²) in [7, 11) is 0. The maximum Gasteiger partial charge on any atom is 0.244 e. The summed E-state index contributed by atoms with van der Waals surface area (Å²) >= 11 is 3.49. The Morgan fingerprint density at radius 3 is 3.00 bits per heavy atom. The fraction of sp³-hybridized carbons (Fsp3) is 0.188. The van der Waals surface area contributed by atoms with Gasteiger partial charge in [0, 0.05) is 21.6 Å². The topological polar surface area (TPSA) is 29.1 Å². The van der Waals surface area contributed by atoms with Gasteiger partial charge in [0.15, 0.2) is 0 Å². The number of hydrogen-bond acceptors (Lipinski definition) is 3. The molecule has 0 saturated carbocycles. The molecule has 0 saturated heterocycles. The smallest absolute Gasteiger partial charge is 0.244 e. The minimum Gasteiger partial charge on any atom is -0.346 e. The van der Waals surface area contributed by atoms with E-state index < -0.39 is 0 Å². The quantitative estimate of drug-likeness (QED) is 0.864. The van der Waals surface area contributed by atoms with Crippen LogP contribution in [0.2, 0.25) is 0 Å². The molecular formula is C16H15NOS2. The summed E-state index contributed by atoms with van der Waals surface area (Å²) in [6.07, 6.45) is 4.47. The molecular weight excluding hydrogens is 286 g/mol. The molecule has 0 aliphatic carbocycles. The van der Waals surface area contributed by atoms with E-state index in [1.807, 2.05) is 47.5 Å². The van der Waals surface area contributed by atoms with Crippen LogP contribution < -0.4 is 5.32 Å². The Hall–Kier alpha value is -1.52. The van der Waals surface area contributed by atoms with Gasteiger partial charge < -0.3 is 5.32 Å². The number of benzene rings is 1. The summed E-state index contributed by atoms with van der Waals surface area (Å²) in [5, 5.41) is 5.11. The monoisotopic (exact) mass is 301 g/mol. The molecule has 1 atom stereocenters. The first-order valence-electron chi connectivity index (χ1n) is 6.57. The van der Waals surface area contributed by atoms with E-state index in [2.05, 4.69) is 17.4 Å². The predicted octanol–water partition coefficient (Wildman–Crippen LogP) is 4.11. The number of nitrogens with one attached hydrogen (secondary N) is 1. The molecule has 20 heavy (non-hydrogen) atoms. The molecule has 1 aromatic carbocycles. The minimum atomic E-state index is -0.0231. The van der Waals surface area contributed by atoms with Crippen LogP contribution in [-0.2, 0) is 4.79 Å². The number of amides is 1. The van der Waals surface area contributed by atoms with Crippen molar-refractivity contribution in [3.63, 3.8) is 0 Å². The number of carbonyl (C=O) groups excluding carboxylic acids is 1. The van der Waals surface area contributed by atoms with E-state index >= 15 is 0 Å². The number of thioether (sulfide) groups is 1. The van der Waals surface area contributed by atoms with Gasteiger partial charge in [-0.1, -0.05) is 24.3 Å². The van der Waals surface area contributed by atoms with Crippen LogP contribution >= 0.6 is 23.1 Å². The number of hydrogen-bond donors (Lipinski definition) is 1. The minimum absolute atomic E-state index is 0.0231. The standard InChI is InChI=1S/C16H15NOS2/c18-16(8-7-12-4-3-10-19-12)17-14-9-11-20-15-6-2-1-5-13(14)15/h1-8,10,14H,9,11H2,(H,17,18)/b8-7+/t14-/m0/s1. The summed E-state index contributed by atoms with van der Waals surface area (Å²) in [4.78, 5) is 14.4. The highest BCUT2D eigenvalue weighted by Gasteiger charge is 2.20. The molecule has 1 N–H and O–H groups in total. The number of fused-ring (bicyclic) bond motifs is 1. The largest absolute Gasteiger partial charge is 0.346 e. The Kier molecular flexibility index (Phi) is 4.23. The Balaban J connectivity index is 1.68. The van der Waals surface area contributed by atoms with Crippen LogP contribution in [-0.4, -0.2) is 11.7 Å². The van der Waals surface area contributed by atoms with Gasteiger partial charge in [-0.3, -0.25) is 4.79 Å². The van der Waals surface area contributed by atoms with Crippen LogP contribution in [0.3, 0.4) is 0 Å². The average molecular weight is 301 g/mol. The molecule has 0 fully saturated rings. The zero-order valence-corrected chi connectivity index (χ0v) is 12.5. The molecule has 4 heteroatoms. The van der Waals surface area contributed by atoms with E-state index in [1.54, 1.807) is 17.4 Å². The Labute approximate surface area is 126 Å². The zero-order chi connectivity index (χ0) is 13.8. The fourth-order valence-corrected chi connectivity index (χ4v) is 4.00. The third kappa shape index (κ3) is 3.14. The van der Waals surface area contributed by atoms with E-state index in [9.17, 15) is 4.79 Å². The van der Waals surface area contributed by atoms with E-state index in [-0.39, 0.29) is 11.9 Å². The van der Waals surface area contributed by atoms with Crippen LogP contribution in [0.1, 0.15) is 22.9 Å². The van der Waals surface area contributed by atoms with Gasteiger partial charge in [-0.05, 0) is 35.6 Å². The van der Waals surface area contributed by atoms with Gasteiger partial charge in [0.05, 0.1) is 6.04 Å². The molecule has 3 rings (SSSR count). The maximum atomic E-state index is 12.0. The second-order valence-electron chi connectivity index (χ2n) is 4.58. The van der Waals surface area contributed by atoms with Crippen molar-refractivity contribution in [2.75, 3.05) is 5.75 Å². The van der Waals surface area contributed by atoms with Crippen LogP contribution in [0.15, 0.2) is 52.7 Å². The summed E-state index contributed by atoms with van der Waals surface area (Å²) in [6.45, 7) is 0. The number of rotatable bonds is 3. The van der Waals surface area contributed by atoms with Crippen molar-refractivity contribution in [1.82, 2.24) is 5.32 Å². The molecule has 1 aliphatic heterocycles. The zero-order valence-electron chi connectivity index (χ0n) is 10.9. The molecule has 0 spiro atoms. The number of carbonyl (C=O) groups is 1. The molecule has 0 bridgehead atoms. The van der Waals surface area contributed by atoms with Crippen LogP contribution in [0.4, 0.5) is 0 Å². The average Bonchev–Trinajstić information content (AvgIpc) is 2.99. The van der Waals surface area contributed by atoms with Crippen LogP contribution in [0, 0.1) is 0 Å². The van der Waals surface area contributed by atoms with Crippen molar-refractivity contribution in [2.24, 2.45) is 0 Å². The van der Waals surface area contributed by atoms with E-state index in [1.165, 1.54) is 10.5 Å². The highest BCUT2D eigenvalue weighted by Crippen LogP contribution is 2.35. The molecule has 0 unspecified atom stereocenters. The van der Waals surface area contributed by atoms with Crippen LogP contribution in [0.25, 0.3) is 6.08 Å². The fourth-order valence-electron chi connectivity index (χ4n) is 2.26. The van der Waals surface area contributed by atoms with Crippen LogP contribution in [0.5, 0.6) is 0 Å². The second kappa shape index (κ2) is 6.29. The Morgan fingerprint density at radius 1 is 1.25 bits per heavy atom. The Bertz CT molecular complexity index is 619. The molecule has 1 aromatic heterocycles. The Morgan fingerprint density at radius 2 is 2.15 bits per heavy atom. The molecule has 1 aliphatic rings. The molecule has 0 radical (unpaired) electrons. The lowest BCUT2D eigenvalue weighted by Gasteiger charge is -2.25. The highest BCUT2D eigenvalue weighted by molar-refractivity contribution is 7.99. The molecule has 2 aromatic rings. The van der Waals surface area contributed by atoms with Crippen molar-refractivity contribution in [2.45, 2.75) is 17.4 Å². The van der Waals surface area contributed by atoms with Crippen molar-refractivity contribution in [3.05, 3.63) is 58.3 Å². The van der Waals surface area contributed by atoms with Crippen molar-refractivity contribution in [3.8, 4) is 0 Å². The van der Waals surface area contributed by atoms with Gasteiger partial charge >= 0.3 is 0 Å². The van der Waals surface area contributed by atoms with Crippen molar-refractivity contribution in [1.29, 1.82) is 0 Å². The lowest BCUT2D eigenvalue weighted by atomic mass is 10.0. The first-order valence-corrected chi connectivity index (χ1v) is 8.43. The predicted molar refractivity (Wildman–Crippen MR) is 86.0 cm³/mol. The van der Waals surface area contributed by atoms with Crippen molar-refractivity contribution < 1.29 is 4.79 Å². The maximum absolute atomic E-state index is 12.0. The van der Waals surface area contributed by atoms with Crippen molar-refractivity contribution >= 4 is 35.1 Å². The van der Waals surface area contributed by atoms with E-state index in [0.717, 1.165) is 17.1 Å². The lowest BCUT2D eigenvalue weighted by Crippen LogP contribution is -2.29. The van der Waals surface area contributed by atoms with E-state index in [4.69, 9.17) is 0 Å². The van der Waals surface area contributed by atoms with Gasteiger partial charge in [0.1, 0.15) is 0 Å². The summed E-state index contributed by atoms with van der Waals surface area (Å²) in [5.74, 6) is 1.03. The molecule has 1 amide bonds. The van der Waals surface area contributed by atoms with Gasteiger partial charge in [0.25, 0.3) is 0 Å². The molecule has 2 heterocycles. The molecule has 102 valence electrons. The highest BCUT2D eigenvalue weighted by atomic mass is 32.2. The summed E-state index contributed by atoms with van der Waals surface area (Å²) < 4.78 is 0. The molecule has 2 nitrogen and oxygen atoms in total. The lowest BCUT2D eigenvalue weighted by molar-refractivity contribution is -0.117. The summed E-state index contributed by atoms with van der Waals surface area (Å²) in [5.41, 5.74) is 1.24. The number of thiophene rings is 1. The van der Waals surface area contributed by atoms with Gasteiger partial charge in [-0.15, -0.1) is 23.1 Å². The summed E-state index contributed by atoms with van der Waals surface area (Å²) in [6, 6.07) is 12.4. The normalized spacial score (nSPS) is 17.9.